The molecule has 1 amide bonds. The van der Waals surface area contributed by atoms with Crippen LogP contribution in [0.2, 0.25) is 0 Å². The number of pyridine rings is 1. The van der Waals surface area contributed by atoms with E-state index in [1.54, 1.807) is 19.2 Å². The molecule has 2 heterocycles. The zero-order chi connectivity index (χ0) is 24.2. The molecular weight excluding hydrogens is 470 g/mol. The maximum atomic E-state index is 12.8. The van der Waals surface area contributed by atoms with Gasteiger partial charge in [0.25, 0.3) is 5.91 Å². The standard InChI is InChI=1S/C21H21N3O7S2/c1-12(2)30-17-8-13(20(27)24-21-22-14(11-32-21)10-19(25)26)9-18(23-17)31-15-4-6-16(7-5-15)33(3,28)29/h4-9,11-12H,10H2,1-3H3,(H,25,26)(H,22,24,27). The van der Waals surface area contributed by atoms with E-state index in [-0.39, 0.29) is 39.9 Å². The number of nitrogens with zero attached hydrogens (tertiary/aromatic N) is 2. The van der Waals surface area contributed by atoms with Crippen molar-refractivity contribution in [1.29, 1.82) is 0 Å². The fraction of sp³-hybridized carbons (Fsp3) is 0.238. The second-order valence-corrected chi connectivity index (χ2v) is 10.1. The fourth-order valence-electron chi connectivity index (χ4n) is 2.61. The third kappa shape index (κ3) is 6.99. The zero-order valence-corrected chi connectivity index (χ0v) is 19.6. The summed E-state index contributed by atoms with van der Waals surface area (Å²) >= 11 is 1.11. The van der Waals surface area contributed by atoms with Gasteiger partial charge in [-0.1, -0.05) is 0 Å². The number of ether oxygens (including phenoxy) is 2. The summed E-state index contributed by atoms with van der Waals surface area (Å²) in [6.45, 7) is 3.61. The Balaban J connectivity index is 1.84. The summed E-state index contributed by atoms with van der Waals surface area (Å²) in [5.74, 6) is -0.989. The van der Waals surface area contributed by atoms with Crippen molar-refractivity contribution in [2.24, 2.45) is 0 Å². The average molecular weight is 492 g/mol. The van der Waals surface area contributed by atoms with E-state index < -0.39 is 21.7 Å². The Labute approximate surface area is 194 Å². The van der Waals surface area contributed by atoms with Crippen LogP contribution < -0.4 is 14.8 Å². The summed E-state index contributed by atoms with van der Waals surface area (Å²) in [5, 5.41) is 13.3. The summed E-state index contributed by atoms with van der Waals surface area (Å²) < 4.78 is 34.6. The number of anilines is 1. The number of amides is 1. The third-order valence-corrected chi connectivity index (χ3v) is 5.91. The largest absolute Gasteiger partial charge is 0.481 e. The molecular formula is C21H21N3O7S2. The summed E-state index contributed by atoms with van der Waals surface area (Å²) in [5.41, 5.74) is 0.515. The summed E-state index contributed by atoms with van der Waals surface area (Å²) in [7, 11) is -3.35. The maximum Gasteiger partial charge on any atom is 0.309 e. The lowest BCUT2D eigenvalue weighted by Crippen LogP contribution is -2.14. The first-order valence-electron chi connectivity index (χ1n) is 9.64. The van der Waals surface area contributed by atoms with Crippen LogP contribution in [0, 0.1) is 0 Å². The molecule has 0 spiro atoms. The van der Waals surface area contributed by atoms with Gasteiger partial charge in [0.15, 0.2) is 15.0 Å². The Morgan fingerprint density at radius 3 is 2.39 bits per heavy atom. The summed E-state index contributed by atoms with van der Waals surface area (Å²) in [6, 6.07) is 8.62. The molecule has 2 aromatic heterocycles. The molecule has 1 aromatic carbocycles. The van der Waals surface area contributed by atoms with E-state index in [2.05, 4.69) is 15.3 Å². The smallest absolute Gasteiger partial charge is 0.309 e. The topological polar surface area (TPSA) is 145 Å². The van der Waals surface area contributed by atoms with E-state index >= 15 is 0 Å². The minimum atomic E-state index is -3.35. The van der Waals surface area contributed by atoms with Gasteiger partial charge in [-0.05, 0) is 38.1 Å². The summed E-state index contributed by atoms with van der Waals surface area (Å²) in [4.78, 5) is 32.1. The number of thiazole rings is 1. The van der Waals surface area contributed by atoms with Crippen molar-refractivity contribution in [3.8, 4) is 17.5 Å². The Morgan fingerprint density at radius 2 is 1.79 bits per heavy atom. The number of carboxylic acid groups (broad SMARTS) is 1. The highest BCUT2D eigenvalue weighted by Crippen LogP contribution is 2.26. The van der Waals surface area contributed by atoms with Gasteiger partial charge in [-0.15, -0.1) is 11.3 Å². The van der Waals surface area contributed by atoms with E-state index in [9.17, 15) is 18.0 Å². The molecule has 0 unspecified atom stereocenters. The molecule has 3 rings (SSSR count). The number of nitrogens with one attached hydrogen (secondary N) is 1. The van der Waals surface area contributed by atoms with Crippen LogP contribution in [0.1, 0.15) is 29.9 Å². The molecule has 12 heteroatoms. The van der Waals surface area contributed by atoms with Crippen molar-refractivity contribution in [2.75, 3.05) is 11.6 Å². The Kier molecular flexibility index (Phi) is 7.29. The molecule has 0 aliphatic heterocycles. The van der Waals surface area contributed by atoms with Crippen LogP contribution in [0.3, 0.4) is 0 Å². The molecule has 0 aliphatic carbocycles. The van der Waals surface area contributed by atoms with E-state index in [4.69, 9.17) is 14.6 Å². The molecule has 2 N–H and O–H groups in total. The highest BCUT2D eigenvalue weighted by atomic mass is 32.2. The number of hydrogen-bond donors (Lipinski definition) is 2. The first kappa shape index (κ1) is 24.1. The van der Waals surface area contributed by atoms with Crippen LogP contribution >= 0.6 is 11.3 Å². The number of benzene rings is 1. The van der Waals surface area contributed by atoms with Gasteiger partial charge in [-0.25, -0.2) is 13.4 Å². The molecule has 0 bridgehead atoms. The van der Waals surface area contributed by atoms with Crippen molar-refractivity contribution in [2.45, 2.75) is 31.3 Å². The van der Waals surface area contributed by atoms with Gasteiger partial charge in [-0.3, -0.25) is 14.9 Å². The number of aliphatic carboxylic acids is 1. The minimum Gasteiger partial charge on any atom is -0.481 e. The number of rotatable bonds is 9. The number of carbonyl (C=O) groups excluding carboxylic acids is 1. The van der Waals surface area contributed by atoms with Gasteiger partial charge >= 0.3 is 5.97 Å². The number of hydrogen-bond acceptors (Lipinski definition) is 9. The normalized spacial score (nSPS) is 11.3. The van der Waals surface area contributed by atoms with Gasteiger partial charge in [0.05, 0.1) is 28.7 Å². The molecule has 33 heavy (non-hydrogen) atoms. The molecule has 0 saturated carbocycles. The van der Waals surface area contributed by atoms with Crippen molar-refractivity contribution < 1.29 is 32.6 Å². The molecule has 0 radical (unpaired) electrons. The predicted molar refractivity (Wildman–Crippen MR) is 121 cm³/mol. The lowest BCUT2D eigenvalue weighted by molar-refractivity contribution is -0.136. The maximum absolute atomic E-state index is 12.8. The van der Waals surface area contributed by atoms with Gasteiger partial charge in [0.2, 0.25) is 11.8 Å². The van der Waals surface area contributed by atoms with Crippen LogP contribution in [0.25, 0.3) is 0 Å². The predicted octanol–water partition coefficient (Wildman–Crippen LogP) is 3.40. The van der Waals surface area contributed by atoms with Crippen LogP contribution in [0.15, 0.2) is 46.7 Å². The van der Waals surface area contributed by atoms with Crippen LogP contribution in [0.5, 0.6) is 17.5 Å². The Morgan fingerprint density at radius 1 is 1.12 bits per heavy atom. The van der Waals surface area contributed by atoms with Crippen molar-refractivity contribution in [3.05, 3.63) is 53.0 Å². The quantitative estimate of drug-likeness (QED) is 0.460. The number of sulfone groups is 1. The fourth-order valence-corrected chi connectivity index (χ4v) is 3.95. The van der Waals surface area contributed by atoms with Crippen LogP contribution in [0.4, 0.5) is 5.13 Å². The lowest BCUT2D eigenvalue weighted by Gasteiger charge is -2.13. The second-order valence-electron chi connectivity index (χ2n) is 7.21. The highest BCUT2D eigenvalue weighted by molar-refractivity contribution is 7.90. The average Bonchev–Trinajstić information content (AvgIpc) is 3.13. The van der Waals surface area contributed by atoms with Crippen molar-refractivity contribution in [3.63, 3.8) is 0 Å². The number of carbonyl (C=O) groups is 2. The van der Waals surface area contributed by atoms with Gasteiger partial charge < -0.3 is 14.6 Å². The molecule has 0 atom stereocenters. The van der Waals surface area contributed by atoms with E-state index in [0.717, 1.165) is 17.6 Å². The Bertz CT molecular complexity index is 1270. The van der Waals surface area contributed by atoms with Gasteiger partial charge in [0, 0.05) is 23.8 Å². The van der Waals surface area contributed by atoms with E-state index in [0.29, 0.717) is 11.4 Å². The first-order chi connectivity index (χ1) is 15.5. The Hall–Kier alpha value is -3.51. The minimum absolute atomic E-state index is 0.0658. The van der Waals surface area contributed by atoms with E-state index in [1.807, 2.05) is 0 Å². The van der Waals surface area contributed by atoms with Crippen molar-refractivity contribution >= 4 is 38.2 Å². The molecule has 0 fully saturated rings. The SMILES string of the molecule is CC(C)Oc1cc(C(=O)Nc2nc(CC(=O)O)cs2)cc(Oc2ccc(S(C)(=O)=O)cc2)n1. The first-order valence-corrected chi connectivity index (χ1v) is 12.4. The summed E-state index contributed by atoms with van der Waals surface area (Å²) in [6.07, 6.45) is 0.648. The van der Waals surface area contributed by atoms with Gasteiger partial charge in [0.1, 0.15) is 5.75 Å². The van der Waals surface area contributed by atoms with Gasteiger partial charge in [-0.2, -0.15) is 4.98 Å². The number of aromatic nitrogens is 2. The van der Waals surface area contributed by atoms with Crippen LogP contribution in [-0.4, -0.2) is 47.7 Å². The second kappa shape index (κ2) is 9.96. The number of carboxylic acids is 1. The molecule has 174 valence electrons. The van der Waals surface area contributed by atoms with E-state index in [1.165, 1.54) is 36.4 Å². The third-order valence-electron chi connectivity index (χ3n) is 3.98. The molecule has 3 aromatic rings. The zero-order valence-electron chi connectivity index (χ0n) is 17.9. The molecule has 10 nitrogen and oxygen atoms in total. The lowest BCUT2D eigenvalue weighted by atomic mass is 10.2. The molecule has 0 aliphatic rings. The van der Waals surface area contributed by atoms with Crippen molar-refractivity contribution in [1.82, 2.24) is 9.97 Å². The highest BCUT2D eigenvalue weighted by Gasteiger charge is 2.16. The monoisotopic (exact) mass is 491 g/mol. The molecule has 0 saturated heterocycles. The van der Waals surface area contributed by atoms with Crippen LogP contribution in [-0.2, 0) is 21.1 Å².